The lowest BCUT2D eigenvalue weighted by molar-refractivity contribution is -0.118. The molecular formula is C21H20ClN5O2S. The number of ether oxygens (including phenoxy) is 1. The number of rotatable bonds is 6. The van der Waals surface area contributed by atoms with Gasteiger partial charge in [-0.05, 0) is 61.4 Å². The van der Waals surface area contributed by atoms with Crippen molar-refractivity contribution in [2.45, 2.75) is 27.2 Å². The van der Waals surface area contributed by atoms with E-state index in [1.807, 2.05) is 57.2 Å². The Hall–Kier alpha value is -2.97. The fourth-order valence-electron chi connectivity index (χ4n) is 3.03. The summed E-state index contributed by atoms with van der Waals surface area (Å²) >= 11 is 7.64. The molecule has 0 aliphatic heterocycles. The summed E-state index contributed by atoms with van der Waals surface area (Å²) in [5.74, 6) is 1.22. The topological polar surface area (TPSA) is 81.4 Å². The second-order valence-electron chi connectivity index (χ2n) is 6.86. The zero-order valence-electron chi connectivity index (χ0n) is 16.8. The molecule has 0 saturated carbocycles. The number of carbonyl (C=O) groups is 1. The highest BCUT2D eigenvalue weighted by Gasteiger charge is 2.12. The van der Waals surface area contributed by atoms with Gasteiger partial charge < -0.3 is 10.1 Å². The van der Waals surface area contributed by atoms with E-state index in [0.29, 0.717) is 16.5 Å². The number of hydrogen-bond donors (Lipinski definition) is 1. The van der Waals surface area contributed by atoms with Crippen molar-refractivity contribution in [1.29, 1.82) is 0 Å². The summed E-state index contributed by atoms with van der Waals surface area (Å²) < 4.78 is 7.37. The van der Waals surface area contributed by atoms with Crippen LogP contribution < -0.4 is 10.1 Å². The van der Waals surface area contributed by atoms with Gasteiger partial charge in [0.2, 0.25) is 4.96 Å². The summed E-state index contributed by atoms with van der Waals surface area (Å²) in [6, 6.07) is 11.2. The molecule has 9 heteroatoms. The van der Waals surface area contributed by atoms with Gasteiger partial charge in [-0.2, -0.15) is 9.61 Å². The van der Waals surface area contributed by atoms with Gasteiger partial charge in [0.05, 0.1) is 0 Å². The van der Waals surface area contributed by atoms with Crippen LogP contribution in [0.3, 0.4) is 0 Å². The first-order valence-corrected chi connectivity index (χ1v) is 10.6. The van der Waals surface area contributed by atoms with Crippen LogP contribution in [0.25, 0.3) is 15.5 Å². The molecule has 0 fully saturated rings. The van der Waals surface area contributed by atoms with Crippen LogP contribution in [0.15, 0.2) is 36.4 Å². The van der Waals surface area contributed by atoms with E-state index in [1.54, 1.807) is 4.52 Å². The molecule has 30 heavy (non-hydrogen) atoms. The number of anilines is 1. The first-order chi connectivity index (χ1) is 14.4. The van der Waals surface area contributed by atoms with Crippen molar-refractivity contribution in [3.63, 3.8) is 0 Å². The highest BCUT2D eigenvalue weighted by molar-refractivity contribution is 7.19. The van der Waals surface area contributed by atoms with Crippen molar-refractivity contribution in [3.05, 3.63) is 58.4 Å². The average Bonchev–Trinajstić information content (AvgIpc) is 3.31. The molecule has 0 unspecified atom stereocenters. The number of amides is 1. The maximum atomic E-state index is 12.2. The molecule has 0 radical (unpaired) electrons. The van der Waals surface area contributed by atoms with Gasteiger partial charge in [-0.3, -0.25) is 4.79 Å². The van der Waals surface area contributed by atoms with Crippen molar-refractivity contribution in [2.24, 2.45) is 0 Å². The smallest absolute Gasteiger partial charge is 0.262 e. The summed E-state index contributed by atoms with van der Waals surface area (Å²) in [5, 5.41) is 17.2. The van der Waals surface area contributed by atoms with Gasteiger partial charge in [0.1, 0.15) is 10.8 Å². The molecule has 0 bridgehead atoms. The van der Waals surface area contributed by atoms with Crippen LogP contribution in [0.2, 0.25) is 5.02 Å². The third kappa shape index (κ3) is 4.15. The first-order valence-electron chi connectivity index (χ1n) is 9.45. The van der Waals surface area contributed by atoms with Crippen LogP contribution in [0.1, 0.15) is 23.9 Å². The SMILES string of the molecule is CCc1nnc2sc(-c3ccc(NC(=O)COc4cc(C)c(Cl)c(C)c4)cc3)nn12. The molecule has 154 valence electrons. The lowest BCUT2D eigenvalue weighted by Gasteiger charge is -2.10. The van der Waals surface area contributed by atoms with E-state index >= 15 is 0 Å². The molecule has 0 spiro atoms. The van der Waals surface area contributed by atoms with E-state index in [-0.39, 0.29) is 12.5 Å². The van der Waals surface area contributed by atoms with Gasteiger partial charge in [-0.25, -0.2) is 0 Å². The van der Waals surface area contributed by atoms with Gasteiger partial charge in [0.25, 0.3) is 5.91 Å². The Morgan fingerprint density at radius 3 is 2.53 bits per heavy atom. The fourth-order valence-corrected chi connectivity index (χ4v) is 4.00. The zero-order chi connectivity index (χ0) is 21.3. The number of aromatic nitrogens is 4. The Bertz CT molecular complexity index is 1190. The van der Waals surface area contributed by atoms with Gasteiger partial charge in [0.15, 0.2) is 12.4 Å². The van der Waals surface area contributed by atoms with E-state index in [1.165, 1.54) is 11.3 Å². The Balaban J connectivity index is 1.39. The average molecular weight is 442 g/mol. The Kier molecular flexibility index (Phi) is 5.69. The molecule has 2 heterocycles. The normalized spacial score (nSPS) is 11.1. The summed E-state index contributed by atoms with van der Waals surface area (Å²) in [6.07, 6.45) is 0.770. The van der Waals surface area contributed by atoms with Crippen LogP contribution in [0.5, 0.6) is 5.75 Å². The second-order valence-corrected chi connectivity index (χ2v) is 8.19. The minimum atomic E-state index is -0.237. The lowest BCUT2D eigenvalue weighted by Crippen LogP contribution is -2.20. The molecular weight excluding hydrogens is 422 g/mol. The summed E-state index contributed by atoms with van der Waals surface area (Å²) in [7, 11) is 0. The summed E-state index contributed by atoms with van der Waals surface area (Å²) in [6.45, 7) is 5.75. The van der Waals surface area contributed by atoms with E-state index in [4.69, 9.17) is 16.3 Å². The summed E-state index contributed by atoms with van der Waals surface area (Å²) in [4.78, 5) is 13.0. The van der Waals surface area contributed by atoms with Crippen molar-refractivity contribution in [1.82, 2.24) is 19.8 Å². The Labute approximate surface area is 182 Å². The number of fused-ring (bicyclic) bond motifs is 1. The molecule has 0 aliphatic carbocycles. The number of nitrogens with one attached hydrogen (secondary N) is 1. The van der Waals surface area contributed by atoms with Gasteiger partial charge in [0, 0.05) is 22.7 Å². The van der Waals surface area contributed by atoms with E-state index in [2.05, 4.69) is 20.6 Å². The van der Waals surface area contributed by atoms with Gasteiger partial charge in [-0.1, -0.05) is 29.9 Å². The van der Waals surface area contributed by atoms with Crippen LogP contribution in [0, 0.1) is 13.8 Å². The second kappa shape index (κ2) is 8.41. The molecule has 4 rings (SSSR count). The minimum absolute atomic E-state index is 0.0846. The number of nitrogens with zero attached hydrogens (tertiary/aromatic N) is 4. The zero-order valence-corrected chi connectivity index (χ0v) is 18.3. The highest BCUT2D eigenvalue weighted by Crippen LogP contribution is 2.27. The van der Waals surface area contributed by atoms with Crippen LogP contribution in [-0.2, 0) is 11.2 Å². The molecule has 2 aromatic heterocycles. The Morgan fingerprint density at radius 2 is 1.87 bits per heavy atom. The number of carbonyl (C=O) groups excluding carboxylic acids is 1. The van der Waals surface area contributed by atoms with Crippen molar-refractivity contribution < 1.29 is 9.53 Å². The van der Waals surface area contributed by atoms with Crippen molar-refractivity contribution in [2.75, 3.05) is 11.9 Å². The van der Waals surface area contributed by atoms with Crippen molar-refractivity contribution >= 4 is 39.5 Å². The van der Waals surface area contributed by atoms with Gasteiger partial charge >= 0.3 is 0 Å². The quantitative estimate of drug-likeness (QED) is 0.469. The number of aryl methyl sites for hydroxylation is 3. The molecule has 4 aromatic rings. The molecule has 0 aliphatic rings. The number of benzene rings is 2. The van der Waals surface area contributed by atoms with Crippen LogP contribution >= 0.6 is 22.9 Å². The molecule has 0 saturated heterocycles. The lowest BCUT2D eigenvalue weighted by atomic mass is 10.1. The molecule has 0 atom stereocenters. The predicted molar refractivity (Wildman–Crippen MR) is 119 cm³/mol. The molecule has 2 aromatic carbocycles. The minimum Gasteiger partial charge on any atom is -0.484 e. The van der Waals surface area contributed by atoms with E-state index in [0.717, 1.165) is 38.9 Å². The monoisotopic (exact) mass is 441 g/mol. The van der Waals surface area contributed by atoms with E-state index in [9.17, 15) is 4.79 Å². The van der Waals surface area contributed by atoms with Crippen molar-refractivity contribution in [3.8, 4) is 16.3 Å². The van der Waals surface area contributed by atoms with E-state index < -0.39 is 0 Å². The number of halogens is 1. The Morgan fingerprint density at radius 1 is 1.17 bits per heavy atom. The van der Waals surface area contributed by atoms with Crippen LogP contribution in [-0.4, -0.2) is 32.3 Å². The first kappa shape index (κ1) is 20.3. The molecule has 1 amide bonds. The maximum absolute atomic E-state index is 12.2. The molecule has 7 nitrogen and oxygen atoms in total. The maximum Gasteiger partial charge on any atom is 0.262 e. The molecule has 1 N–H and O–H groups in total. The predicted octanol–water partition coefficient (Wildman–Crippen LogP) is 4.70. The largest absolute Gasteiger partial charge is 0.484 e. The number of hydrogen-bond acceptors (Lipinski definition) is 6. The third-order valence-electron chi connectivity index (χ3n) is 4.57. The fraction of sp³-hybridized carbons (Fsp3) is 0.238. The highest BCUT2D eigenvalue weighted by atomic mass is 35.5. The summed E-state index contributed by atoms with van der Waals surface area (Å²) in [5.41, 5.74) is 3.47. The van der Waals surface area contributed by atoms with Gasteiger partial charge in [-0.15, -0.1) is 10.2 Å². The standard InChI is InChI=1S/C21H20ClN5O2S/c1-4-17-24-25-21-27(17)26-20(30-21)14-5-7-15(8-6-14)23-18(28)11-29-16-9-12(2)19(22)13(3)10-16/h5-10H,4,11H2,1-3H3,(H,23,28). The van der Waals surface area contributed by atoms with Crippen LogP contribution in [0.4, 0.5) is 5.69 Å². The third-order valence-corrected chi connectivity index (χ3v) is 6.11.